The number of sulfonamides is 1. The lowest BCUT2D eigenvalue weighted by Gasteiger charge is -2.17. The van der Waals surface area contributed by atoms with Gasteiger partial charge in [-0.05, 0) is 45.2 Å². The van der Waals surface area contributed by atoms with Gasteiger partial charge in [-0.15, -0.1) is 0 Å². The van der Waals surface area contributed by atoms with Crippen molar-refractivity contribution in [2.45, 2.75) is 38.5 Å². The van der Waals surface area contributed by atoms with E-state index in [0.717, 1.165) is 35.7 Å². The van der Waals surface area contributed by atoms with Gasteiger partial charge in [-0.1, -0.05) is 17.7 Å². The molecule has 1 aliphatic rings. The van der Waals surface area contributed by atoms with Crippen LogP contribution in [0.5, 0.6) is 0 Å². The second kappa shape index (κ2) is 8.22. The number of rotatable bonds is 7. The van der Waals surface area contributed by atoms with E-state index in [1.54, 1.807) is 19.1 Å². The highest BCUT2D eigenvalue weighted by Crippen LogP contribution is 2.20. The Balaban J connectivity index is 1.58. The quantitative estimate of drug-likeness (QED) is 0.707. The molecular formula is C19H27N5O2S. The number of hydrogen-bond donors (Lipinski definition) is 2. The smallest absolute Gasteiger partial charge is 0.240 e. The number of aromatic nitrogens is 2. The van der Waals surface area contributed by atoms with Crippen LogP contribution < -0.4 is 14.9 Å². The first kappa shape index (κ1) is 19.6. The standard InChI is InChI=1S/C19H27N5O2S/c1-14-6-7-17(15(2)12-14)27(25,26)21-9-8-20-19-22-16(3)13-18(23-19)24-10-4-5-11-24/h6-7,12-13,21H,4-5,8-11H2,1-3H3,(H,20,22,23). The van der Waals surface area contributed by atoms with Gasteiger partial charge in [0, 0.05) is 37.9 Å². The number of hydrogen-bond acceptors (Lipinski definition) is 6. The third-order valence-electron chi connectivity index (χ3n) is 4.59. The van der Waals surface area contributed by atoms with E-state index < -0.39 is 10.0 Å². The predicted molar refractivity (Wildman–Crippen MR) is 108 cm³/mol. The van der Waals surface area contributed by atoms with Gasteiger partial charge in [0.25, 0.3) is 0 Å². The van der Waals surface area contributed by atoms with Crippen molar-refractivity contribution in [1.29, 1.82) is 0 Å². The lowest BCUT2D eigenvalue weighted by molar-refractivity contribution is 0.582. The number of benzene rings is 1. The average Bonchev–Trinajstić information content (AvgIpc) is 3.12. The van der Waals surface area contributed by atoms with Crippen LogP contribution in [0.15, 0.2) is 29.2 Å². The molecule has 2 aromatic rings. The molecule has 1 aromatic heterocycles. The molecule has 2 N–H and O–H groups in total. The van der Waals surface area contributed by atoms with Gasteiger partial charge in [-0.3, -0.25) is 0 Å². The van der Waals surface area contributed by atoms with Crippen LogP contribution in [-0.2, 0) is 10.0 Å². The molecule has 0 bridgehead atoms. The summed E-state index contributed by atoms with van der Waals surface area (Å²) in [5.41, 5.74) is 2.68. The summed E-state index contributed by atoms with van der Waals surface area (Å²) in [4.78, 5) is 11.5. The van der Waals surface area contributed by atoms with Crippen molar-refractivity contribution in [2.24, 2.45) is 0 Å². The summed E-state index contributed by atoms with van der Waals surface area (Å²) in [5.74, 6) is 1.46. The van der Waals surface area contributed by atoms with Crippen molar-refractivity contribution < 1.29 is 8.42 Å². The molecule has 0 aliphatic carbocycles. The maximum Gasteiger partial charge on any atom is 0.240 e. The van der Waals surface area contributed by atoms with Crippen molar-refractivity contribution >= 4 is 21.8 Å². The van der Waals surface area contributed by atoms with Crippen LogP contribution in [0.2, 0.25) is 0 Å². The molecule has 0 unspecified atom stereocenters. The summed E-state index contributed by atoms with van der Waals surface area (Å²) in [6.45, 7) is 8.39. The summed E-state index contributed by atoms with van der Waals surface area (Å²) >= 11 is 0. The first-order valence-electron chi connectivity index (χ1n) is 9.26. The zero-order valence-electron chi connectivity index (χ0n) is 16.1. The van der Waals surface area contributed by atoms with Gasteiger partial charge in [-0.25, -0.2) is 18.1 Å². The molecule has 2 heterocycles. The summed E-state index contributed by atoms with van der Waals surface area (Å²) in [5, 5.41) is 3.12. The van der Waals surface area contributed by atoms with Gasteiger partial charge in [0.05, 0.1) is 4.90 Å². The van der Waals surface area contributed by atoms with Gasteiger partial charge in [0.1, 0.15) is 5.82 Å². The maximum absolute atomic E-state index is 12.5. The molecule has 0 radical (unpaired) electrons. The van der Waals surface area contributed by atoms with Crippen LogP contribution in [0.1, 0.15) is 29.7 Å². The fraction of sp³-hybridized carbons (Fsp3) is 0.474. The van der Waals surface area contributed by atoms with Crippen LogP contribution in [0.3, 0.4) is 0 Å². The second-order valence-electron chi connectivity index (χ2n) is 6.98. The molecule has 0 saturated carbocycles. The Bertz CT molecular complexity index is 908. The van der Waals surface area contributed by atoms with E-state index in [-0.39, 0.29) is 6.54 Å². The molecule has 1 aliphatic heterocycles. The van der Waals surface area contributed by atoms with E-state index in [1.165, 1.54) is 12.8 Å². The Morgan fingerprint density at radius 2 is 1.78 bits per heavy atom. The Kier molecular flexibility index (Phi) is 5.96. The van der Waals surface area contributed by atoms with Crippen molar-refractivity contribution in [1.82, 2.24) is 14.7 Å². The highest BCUT2D eigenvalue weighted by atomic mass is 32.2. The normalized spacial score (nSPS) is 14.6. The van der Waals surface area contributed by atoms with Crippen LogP contribution in [0, 0.1) is 20.8 Å². The molecule has 146 valence electrons. The number of anilines is 2. The van der Waals surface area contributed by atoms with Crippen molar-refractivity contribution in [3.05, 3.63) is 41.1 Å². The highest BCUT2D eigenvalue weighted by Gasteiger charge is 2.17. The minimum atomic E-state index is -3.53. The molecule has 27 heavy (non-hydrogen) atoms. The van der Waals surface area contributed by atoms with Crippen LogP contribution >= 0.6 is 0 Å². The Labute approximate surface area is 161 Å². The van der Waals surface area contributed by atoms with E-state index in [1.807, 2.05) is 26.0 Å². The summed E-state index contributed by atoms with van der Waals surface area (Å²) in [6, 6.07) is 7.30. The van der Waals surface area contributed by atoms with E-state index in [9.17, 15) is 8.42 Å². The number of aryl methyl sites for hydroxylation is 3. The lowest BCUT2D eigenvalue weighted by Crippen LogP contribution is -2.30. The molecular weight excluding hydrogens is 362 g/mol. The maximum atomic E-state index is 12.5. The lowest BCUT2D eigenvalue weighted by atomic mass is 10.2. The predicted octanol–water partition coefficient (Wildman–Crippen LogP) is 2.39. The monoisotopic (exact) mass is 389 g/mol. The highest BCUT2D eigenvalue weighted by molar-refractivity contribution is 7.89. The molecule has 0 spiro atoms. The van der Waals surface area contributed by atoms with Crippen molar-refractivity contribution in [3.8, 4) is 0 Å². The second-order valence-corrected chi connectivity index (χ2v) is 8.71. The summed E-state index contributed by atoms with van der Waals surface area (Å²) in [6.07, 6.45) is 2.37. The van der Waals surface area contributed by atoms with E-state index >= 15 is 0 Å². The molecule has 1 saturated heterocycles. The van der Waals surface area contributed by atoms with Gasteiger partial charge >= 0.3 is 0 Å². The molecule has 7 nitrogen and oxygen atoms in total. The minimum Gasteiger partial charge on any atom is -0.356 e. The van der Waals surface area contributed by atoms with Gasteiger partial charge in [0.2, 0.25) is 16.0 Å². The zero-order valence-corrected chi connectivity index (χ0v) is 16.9. The topological polar surface area (TPSA) is 87.2 Å². The van der Waals surface area contributed by atoms with Gasteiger partial charge in [0.15, 0.2) is 0 Å². The van der Waals surface area contributed by atoms with Crippen LogP contribution in [0.4, 0.5) is 11.8 Å². The van der Waals surface area contributed by atoms with E-state index in [2.05, 4.69) is 24.9 Å². The fourth-order valence-corrected chi connectivity index (χ4v) is 4.53. The third-order valence-corrected chi connectivity index (χ3v) is 6.21. The minimum absolute atomic E-state index is 0.256. The molecule has 3 rings (SSSR count). The Morgan fingerprint density at radius 3 is 2.48 bits per heavy atom. The third kappa shape index (κ3) is 4.95. The molecule has 0 amide bonds. The SMILES string of the molecule is Cc1ccc(S(=O)(=O)NCCNc2nc(C)cc(N3CCCC3)n2)c(C)c1. The first-order chi connectivity index (χ1) is 12.8. The summed E-state index contributed by atoms with van der Waals surface area (Å²) in [7, 11) is -3.53. The van der Waals surface area contributed by atoms with Crippen LogP contribution in [-0.4, -0.2) is 44.6 Å². The van der Waals surface area contributed by atoms with Gasteiger partial charge in [-0.2, -0.15) is 4.98 Å². The van der Waals surface area contributed by atoms with E-state index in [0.29, 0.717) is 17.4 Å². The molecule has 8 heteroatoms. The molecule has 0 atom stereocenters. The largest absolute Gasteiger partial charge is 0.356 e. The Morgan fingerprint density at radius 1 is 1.04 bits per heavy atom. The molecule has 1 fully saturated rings. The summed E-state index contributed by atoms with van der Waals surface area (Å²) < 4.78 is 27.6. The van der Waals surface area contributed by atoms with Crippen LogP contribution in [0.25, 0.3) is 0 Å². The Hall–Kier alpha value is -2.19. The van der Waals surface area contributed by atoms with Crippen molar-refractivity contribution in [2.75, 3.05) is 36.4 Å². The van der Waals surface area contributed by atoms with Crippen molar-refractivity contribution in [3.63, 3.8) is 0 Å². The van der Waals surface area contributed by atoms with Gasteiger partial charge < -0.3 is 10.2 Å². The first-order valence-corrected chi connectivity index (χ1v) is 10.7. The molecule has 1 aromatic carbocycles. The zero-order chi connectivity index (χ0) is 19.4. The average molecular weight is 390 g/mol. The van der Waals surface area contributed by atoms with E-state index in [4.69, 9.17) is 0 Å². The fourth-order valence-electron chi connectivity index (χ4n) is 3.28. The number of nitrogens with zero attached hydrogens (tertiary/aromatic N) is 3. The number of nitrogens with one attached hydrogen (secondary N) is 2.